The van der Waals surface area contributed by atoms with Gasteiger partial charge in [-0.3, -0.25) is 4.79 Å². The van der Waals surface area contributed by atoms with E-state index in [0.717, 1.165) is 0 Å². The van der Waals surface area contributed by atoms with Crippen LogP contribution in [0, 0.1) is 0 Å². The summed E-state index contributed by atoms with van der Waals surface area (Å²) < 4.78 is 2.60. The Kier molecular flexibility index (Phi) is 3.63. The zero-order chi connectivity index (χ0) is 7.49. The largest absolute Gasteiger partial charge is 0.429 e. The number of ether oxygens (including phenoxy) is 1. The Morgan fingerprint density at radius 1 is 1.67 bits per heavy atom. The predicted octanol–water partition coefficient (Wildman–Crippen LogP) is 1.92. The Balaban J connectivity index is 3.84. The first-order valence-electron chi connectivity index (χ1n) is 2.14. The number of halogens is 3. The van der Waals surface area contributed by atoms with Crippen LogP contribution in [0.1, 0.15) is 6.92 Å². The van der Waals surface area contributed by atoms with E-state index in [-0.39, 0.29) is 6.47 Å². The first-order valence-corrected chi connectivity index (χ1v) is 3.33. The maximum Gasteiger partial charge on any atom is 0.295 e. The van der Waals surface area contributed by atoms with Gasteiger partial charge in [-0.15, -0.1) is 11.6 Å². The molecule has 0 spiro atoms. The van der Waals surface area contributed by atoms with Gasteiger partial charge in [-0.05, 0) is 6.92 Å². The van der Waals surface area contributed by atoms with Gasteiger partial charge in [-0.2, -0.15) is 0 Å². The second-order valence-electron chi connectivity index (χ2n) is 1.39. The molecule has 0 heterocycles. The van der Waals surface area contributed by atoms with Crippen LogP contribution in [0.25, 0.3) is 0 Å². The molecule has 0 bridgehead atoms. The van der Waals surface area contributed by atoms with Crippen molar-refractivity contribution in [2.45, 2.75) is 16.8 Å². The summed E-state index contributed by atoms with van der Waals surface area (Å²) in [4.78, 5) is 9.68. The zero-order valence-corrected chi connectivity index (χ0v) is 6.87. The highest BCUT2D eigenvalue weighted by atomic mass is 35.5. The summed E-state index contributed by atoms with van der Waals surface area (Å²) in [5.74, 6) is 0. The van der Waals surface area contributed by atoms with Crippen molar-refractivity contribution in [3.63, 3.8) is 0 Å². The van der Waals surface area contributed by atoms with Gasteiger partial charge in [0.05, 0.1) is 0 Å². The molecule has 0 rings (SSSR count). The minimum Gasteiger partial charge on any atom is -0.429 e. The van der Waals surface area contributed by atoms with E-state index in [9.17, 15) is 4.79 Å². The molecule has 0 aliphatic carbocycles. The topological polar surface area (TPSA) is 26.3 Å². The van der Waals surface area contributed by atoms with E-state index >= 15 is 0 Å². The number of rotatable bonds is 3. The molecule has 1 atom stereocenters. The van der Waals surface area contributed by atoms with Crippen molar-refractivity contribution >= 4 is 41.3 Å². The molecular formula is C4H5Cl3O2. The van der Waals surface area contributed by atoms with Crippen LogP contribution in [0.3, 0.4) is 0 Å². The van der Waals surface area contributed by atoms with Gasteiger partial charge >= 0.3 is 0 Å². The molecule has 0 radical (unpaired) electrons. The lowest BCUT2D eigenvalue weighted by Gasteiger charge is -2.18. The number of hydrogen-bond donors (Lipinski definition) is 0. The minimum absolute atomic E-state index is 0.152. The van der Waals surface area contributed by atoms with Gasteiger partial charge in [0, 0.05) is 0 Å². The highest BCUT2D eigenvalue weighted by Gasteiger charge is 2.31. The van der Waals surface area contributed by atoms with E-state index in [1.54, 1.807) is 0 Å². The Morgan fingerprint density at radius 3 is 2.22 bits per heavy atom. The SMILES string of the molecule is CC(Cl)C(Cl)(Cl)OC=O. The molecule has 2 nitrogen and oxygen atoms in total. The number of carbonyl (C=O) groups excluding carboxylic acids is 1. The lowest BCUT2D eigenvalue weighted by molar-refractivity contribution is -0.132. The van der Waals surface area contributed by atoms with Crippen LogP contribution < -0.4 is 0 Å². The lowest BCUT2D eigenvalue weighted by atomic mass is 10.5. The summed E-state index contributed by atoms with van der Waals surface area (Å²) in [6.45, 7) is 1.67. The number of hydrogen-bond acceptors (Lipinski definition) is 2. The third-order valence-electron chi connectivity index (χ3n) is 0.668. The Morgan fingerprint density at radius 2 is 2.11 bits per heavy atom. The number of alkyl halides is 3. The molecule has 0 N–H and O–H groups in total. The Bertz CT molecular complexity index is 102. The maximum absolute atomic E-state index is 9.68. The standard InChI is InChI=1S/C4H5Cl3O2/c1-3(5)4(6,7)9-2-8/h2-3H,1H3. The normalized spacial score (nSPS) is 14.7. The average Bonchev–Trinajstić information content (AvgIpc) is 1.65. The van der Waals surface area contributed by atoms with Gasteiger partial charge in [0.2, 0.25) is 0 Å². The molecule has 0 saturated carbocycles. The Labute approximate surface area is 68.0 Å². The van der Waals surface area contributed by atoms with E-state index < -0.39 is 9.90 Å². The van der Waals surface area contributed by atoms with E-state index in [4.69, 9.17) is 34.8 Å². The first-order chi connectivity index (χ1) is 4.00. The smallest absolute Gasteiger partial charge is 0.295 e. The molecule has 0 aliphatic heterocycles. The van der Waals surface area contributed by atoms with Crippen LogP contribution in [-0.2, 0) is 9.53 Å². The maximum atomic E-state index is 9.68. The molecule has 0 saturated heterocycles. The Hall–Kier alpha value is 0.340. The summed E-state index contributed by atoms with van der Waals surface area (Å²) in [6.07, 6.45) is 0. The molecule has 5 heteroatoms. The molecule has 9 heavy (non-hydrogen) atoms. The molecule has 0 aliphatic rings. The molecule has 0 aromatic carbocycles. The highest BCUT2D eigenvalue weighted by Crippen LogP contribution is 2.29. The van der Waals surface area contributed by atoms with Crippen LogP contribution in [0.4, 0.5) is 0 Å². The van der Waals surface area contributed by atoms with Crippen molar-refractivity contribution in [2.24, 2.45) is 0 Å². The zero-order valence-electron chi connectivity index (χ0n) is 4.61. The lowest BCUT2D eigenvalue weighted by Crippen LogP contribution is -2.26. The summed E-state index contributed by atoms with van der Waals surface area (Å²) >= 11 is 16.1. The molecule has 0 aromatic heterocycles. The van der Waals surface area contributed by atoms with Gasteiger partial charge in [-0.1, -0.05) is 23.2 Å². The monoisotopic (exact) mass is 190 g/mol. The third-order valence-corrected chi connectivity index (χ3v) is 2.03. The highest BCUT2D eigenvalue weighted by molar-refractivity contribution is 6.51. The van der Waals surface area contributed by atoms with Crippen LogP contribution in [0.15, 0.2) is 0 Å². The van der Waals surface area contributed by atoms with Gasteiger partial charge in [0.1, 0.15) is 5.38 Å². The fraction of sp³-hybridized carbons (Fsp3) is 0.750. The van der Waals surface area contributed by atoms with Gasteiger partial charge in [0.15, 0.2) is 0 Å². The third kappa shape index (κ3) is 3.14. The van der Waals surface area contributed by atoms with Crippen molar-refractivity contribution in [3.8, 4) is 0 Å². The van der Waals surface area contributed by atoms with Gasteiger partial charge in [0.25, 0.3) is 11.0 Å². The second kappa shape index (κ2) is 3.49. The van der Waals surface area contributed by atoms with Crippen LogP contribution in [0.2, 0.25) is 0 Å². The van der Waals surface area contributed by atoms with Crippen LogP contribution in [0.5, 0.6) is 0 Å². The van der Waals surface area contributed by atoms with Crippen LogP contribution in [-0.4, -0.2) is 16.4 Å². The molecule has 1 unspecified atom stereocenters. The minimum atomic E-state index is -1.61. The fourth-order valence-electron chi connectivity index (χ4n) is 0.158. The van der Waals surface area contributed by atoms with E-state index in [1.807, 2.05) is 0 Å². The van der Waals surface area contributed by atoms with E-state index in [0.29, 0.717) is 0 Å². The predicted molar refractivity (Wildman–Crippen MR) is 36.9 cm³/mol. The average molecular weight is 191 g/mol. The molecule has 0 fully saturated rings. The fourth-order valence-corrected chi connectivity index (χ4v) is 0.282. The van der Waals surface area contributed by atoms with Crippen molar-refractivity contribution in [2.75, 3.05) is 0 Å². The second-order valence-corrected chi connectivity index (χ2v) is 3.36. The van der Waals surface area contributed by atoms with Crippen molar-refractivity contribution in [1.82, 2.24) is 0 Å². The van der Waals surface area contributed by atoms with Crippen molar-refractivity contribution < 1.29 is 9.53 Å². The summed E-state index contributed by atoms with van der Waals surface area (Å²) in [6, 6.07) is 0. The van der Waals surface area contributed by atoms with Gasteiger partial charge in [-0.25, -0.2) is 0 Å². The summed E-state index contributed by atoms with van der Waals surface area (Å²) in [5, 5.41) is -0.633. The van der Waals surface area contributed by atoms with Gasteiger partial charge < -0.3 is 4.74 Å². The number of carbonyl (C=O) groups is 1. The van der Waals surface area contributed by atoms with Crippen molar-refractivity contribution in [3.05, 3.63) is 0 Å². The molecule has 0 aromatic rings. The molecule has 0 amide bonds. The van der Waals surface area contributed by atoms with Crippen molar-refractivity contribution in [1.29, 1.82) is 0 Å². The van der Waals surface area contributed by atoms with Crippen LogP contribution >= 0.6 is 34.8 Å². The first kappa shape index (κ1) is 9.34. The summed E-state index contributed by atoms with van der Waals surface area (Å²) in [5.41, 5.74) is 0. The molecule has 54 valence electrons. The molecular weight excluding hydrogens is 186 g/mol. The quantitative estimate of drug-likeness (QED) is 0.503. The van der Waals surface area contributed by atoms with E-state index in [2.05, 4.69) is 4.74 Å². The summed E-state index contributed by atoms with van der Waals surface area (Å²) in [7, 11) is 0. The van der Waals surface area contributed by atoms with E-state index in [1.165, 1.54) is 6.92 Å².